The van der Waals surface area contributed by atoms with E-state index in [1.807, 2.05) is 65.8 Å². The van der Waals surface area contributed by atoms with Gasteiger partial charge in [-0.2, -0.15) is 0 Å². The minimum atomic E-state index is -1.19. The van der Waals surface area contributed by atoms with E-state index in [9.17, 15) is 19.1 Å². The Kier molecular flexibility index (Phi) is 7.19. The first-order chi connectivity index (χ1) is 17.3. The lowest BCUT2D eigenvalue weighted by molar-refractivity contribution is -0.160. The van der Waals surface area contributed by atoms with Crippen LogP contribution in [0.25, 0.3) is 11.1 Å². The van der Waals surface area contributed by atoms with Gasteiger partial charge in [0.25, 0.3) is 5.91 Å². The number of carboxylic acids is 1. The van der Waals surface area contributed by atoms with Crippen LogP contribution in [0.2, 0.25) is 5.02 Å². The normalized spacial score (nSPS) is 14.0. The molecular formula is C30H31ClFNO4. The third-order valence-corrected chi connectivity index (χ3v) is 7.06. The van der Waals surface area contributed by atoms with Crippen molar-refractivity contribution in [1.29, 1.82) is 0 Å². The van der Waals surface area contributed by atoms with E-state index in [1.54, 1.807) is 4.90 Å². The topological polar surface area (TPSA) is 66.8 Å². The summed E-state index contributed by atoms with van der Waals surface area (Å²) in [6.45, 7) is 12.0. The number of aryl methyl sites for hydroxylation is 1. The second kappa shape index (κ2) is 9.92. The molecule has 194 valence electrons. The summed E-state index contributed by atoms with van der Waals surface area (Å²) in [5.74, 6) is -1.92. The Morgan fingerprint density at radius 1 is 1.00 bits per heavy atom. The highest BCUT2D eigenvalue weighted by Crippen LogP contribution is 2.44. The fourth-order valence-corrected chi connectivity index (χ4v) is 5.16. The van der Waals surface area contributed by atoms with Gasteiger partial charge >= 0.3 is 5.97 Å². The number of aliphatic carboxylic acids is 1. The first-order valence-electron chi connectivity index (χ1n) is 12.1. The second-order valence-electron chi connectivity index (χ2n) is 10.6. The molecule has 0 spiro atoms. The van der Waals surface area contributed by atoms with Crippen molar-refractivity contribution in [3.63, 3.8) is 0 Å². The summed E-state index contributed by atoms with van der Waals surface area (Å²) in [6, 6.07) is 11.9. The van der Waals surface area contributed by atoms with E-state index >= 15 is 0 Å². The van der Waals surface area contributed by atoms with Gasteiger partial charge < -0.3 is 14.7 Å². The zero-order chi connectivity index (χ0) is 27.2. The van der Waals surface area contributed by atoms with Crippen molar-refractivity contribution in [2.45, 2.75) is 66.3 Å². The van der Waals surface area contributed by atoms with Gasteiger partial charge in [0.1, 0.15) is 5.82 Å². The molecule has 37 heavy (non-hydrogen) atoms. The smallest absolute Gasteiger partial charge is 0.337 e. The standard InChI is InChI=1S/C30H31ClFNO4/c1-16-7-9-19(10-8-16)25-17(2)21-14-33(28(34)20-11-12-24(32)23(31)13-20)15-22(21)18(3)26(25)27(29(35)36)37-30(4,5)6/h7-13,27H,14-15H2,1-6H3,(H,35,36)/t27-/m0/s1. The third kappa shape index (κ3) is 5.27. The van der Waals surface area contributed by atoms with Crippen LogP contribution in [0.3, 0.4) is 0 Å². The Morgan fingerprint density at radius 3 is 2.14 bits per heavy atom. The number of carbonyl (C=O) groups is 2. The van der Waals surface area contributed by atoms with E-state index in [0.29, 0.717) is 24.2 Å². The van der Waals surface area contributed by atoms with E-state index in [2.05, 4.69) is 0 Å². The average Bonchev–Trinajstić information content (AvgIpc) is 3.27. The molecule has 1 N–H and O–H groups in total. The molecule has 1 aliphatic rings. The van der Waals surface area contributed by atoms with Crippen LogP contribution >= 0.6 is 11.6 Å². The minimum absolute atomic E-state index is 0.109. The summed E-state index contributed by atoms with van der Waals surface area (Å²) in [5.41, 5.74) is 6.60. The van der Waals surface area contributed by atoms with Gasteiger partial charge in [0.2, 0.25) is 0 Å². The molecule has 0 aliphatic carbocycles. The van der Waals surface area contributed by atoms with Gasteiger partial charge in [-0.3, -0.25) is 4.79 Å². The van der Waals surface area contributed by atoms with E-state index in [4.69, 9.17) is 16.3 Å². The number of benzene rings is 3. The Hall–Kier alpha value is -3.22. The lowest BCUT2D eigenvalue weighted by atomic mass is 9.83. The van der Waals surface area contributed by atoms with Crippen molar-refractivity contribution in [1.82, 2.24) is 4.90 Å². The molecule has 3 aromatic carbocycles. The van der Waals surface area contributed by atoms with Crippen LogP contribution in [0.15, 0.2) is 42.5 Å². The van der Waals surface area contributed by atoms with Crippen LogP contribution in [-0.2, 0) is 22.6 Å². The Bertz CT molecular complexity index is 1390. The second-order valence-corrected chi connectivity index (χ2v) is 11.0. The SMILES string of the molecule is Cc1ccc(-c2c(C)c3c(c(C)c2[C@H](OC(C)(C)C)C(=O)O)CN(C(=O)c2ccc(F)c(Cl)c2)C3)cc1. The number of fused-ring (bicyclic) bond motifs is 1. The lowest BCUT2D eigenvalue weighted by Gasteiger charge is -2.29. The Morgan fingerprint density at radius 2 is 1.59 bits per heavy atom. The number of rotatable bonds is 5. The van der Waals surface area contributed by atoms with E-state index < -0.39 is 23.5 Å². The van der Waals surface area contributed by atoms with Gasteiger partial charge in [0.05, 0.1) is 10.6 Å². The molecule has 1 amide bonds. The number of hydrogen-bond donors (Lipinski definition) is 1. The summed E-state index contributed by atoms with van der Waals surface area (Å²) >= 11 is 5.93. The molecule has 3 aromatic rings. The quantitative estimate of drug-likeness (QED) is 0.385. The molecule has 0 saturated carbocycles. The van der Waals surface area contributed by atoms with Crippen LogP contribution in [0.1, 0.15) is 70.6 Å². The van der Waals surface area contributed by atoms with Gasteiger partial charge in [-0.1, -0.05) is 41.4 Å². The maximum Gasteiger partial charge on any atom is 0.337 e. The molecule has 1 aliphatic heterocycles. The van der Waals surface area contributed by atoms with Crippen molar-refractivity contribution in [3.8, 4) is 11.1 Å². The Labute approximate surface area is 221 Å². The summed E-state index contributed by atoms with van der Waals surface area (Å²) in [5, 5.41) is 10.2. The van der Waals surface area contributed by atoms with Gasteiger partial charge in [0, 0.05) is 24.2 Å². The van der Waals surface area contributed by atoms with E-state index in [1.165, 1.54) is 18.2 Å². The molecule has 0 aromatic heterocycles. The molecule has 0 unspecified atom stereocenters. The van der Waals surface area contributed by atoms with Gasteiger partial charge in [-0.15, -0.1) is 0 Å². The van der Waals surface area contributed by atoms with Crippen LogP contribution < -0.4 is 0 Å². The van der Waals surface area contributed by atoms with Crippen molar-refractivity contribution < 1.29 is 23.8 Å². The van der Waals surface area contributed by atoms with Gasteiger partial charge in [-0.25, -0.2) is 9.18 Å². The molecule has 0 bridgehead atoms. The van der Waals surface area contributed by atoms with Gasteiger partial charge in [-0.05, 0) is 93.1 Å². The lowest BCUT2D eigenvalue weighted by Crippen LogP contribution is -2.28. The highest BCUT2D eigenvalue weighted by Gasteiger charge is 2.36. The zero-order valence-electron chi connectivity index (χ0n) is 21.9. The number of ether oxygens (including phenoxy) is 1. The summed E-state index contributed by atoms with van der Waals surface area (Å²) in [6.07, 6.45) is -1.19. The molecule has 0 saturated heterocycles. The van der Waals surface area contributed by atoms with Crippen molar-refractivity contribution in [2.75, 3.05) is 0 Å². The fraction of sp³-hybridized carbons (Fsp3) is 0.333. The summed E-state index contributed by atoms with van der Waals surface area (Å²) in [7, 11) is 0. The largest absolute Gasteiger partial charge is 0.479 e. The van der Waals surface area contributed by atoms with Crippen molar-refractivity contribution in [3.05, 3.63) is 92.2 Å². The predicted octanol–water partition coefficient (Wildman–Crippen LogP) is 7.17. The van der Waals surface area contributed by atoms with Crippen LogP contribution in [0.5, 0.6) is 0 Å². The van der Waals surface area contributed by atoms with Crippen LogP contribution in [-0.4, -0.2) is 27.5 Å². The number of nitrogens with zero attached hydrogens (tertiary/aromatic N) is 1. The average molecular weight is 524 g/mol. The number of amides is 1. The Balaban J connectivity index is 1.88. The van der Waals surface area contributed by atoms with Crippen LogP contribution in [0, 0.1) is 26.6 Å². The zero-order valence-corrected chi connectivity index (χ0v) is 22.7. The number of carbonyl (C=O) groups excluding carboxylic acids is 1. The molecule has 0 fully saturated rings. The van der Waals surface area contributed by atoms with Crippen molar-refractivity contribution >= 4 is 23.5 Å². The highest BCUT2D eigenvalue weighted by molar-refractivity contribution is 6.31. The van der Waals surface area contributed by atoms with Gasteiger partial charge in [0.15, 0.2) is 6.10 Å². The predicted molar refractivity (Wildman–Crippen MR) is 142 cm³/mol. The van der Waals surface area contributed by atoms with Crippen molar-refractivity contribution in [2.24, 2.45) is 0 Å². The maximum atomic E-state index is 13.7. The van der Waals surface area contributed by atoms with E-state index in [0.717, 1.165) is 38.9 Å². The number of hydrogen-bond acceptors (Lipinski definition) is 3. The molecule has 4 rings (SSSR count). The molecule has 1 atom stereocenters. The first-order valence-corrected chi connectivity index (χ1v) is 12.5. The minimum Gasteiger partial charge on any atom is -0.479 e. The highest BCUT2D eigenvalue weighted by atomic mass is 35.5. The monoisotopic (exact) mass is 523 g/mol. The molecule has 7 heteroatoms. The summed E-state index contributed by atoms with van der Waals surface area (Å²) in [4.78, 5) is 27.6. The molecular weight excluding hydrogens is 493 g/mol. The third-order valence-electron chi connectivity index (χ3n) is 6.77. The molecule has 5 nitrogen and oxygen atoms in total. The molecule has 1 heterocycles. The molecule has 0 radical (unpaired) electrons. The first kappa shape index (κ1) is 26.8. The number of halogens is 2. The fourth-order valence-electron chi connectivity index (χ4n) is 4.98. The van der Waals surface area contributed by atoms with E-state index in [-0.39, 0.29) is 10.9 Å². The summed E-state index contributed by atoms with van der Waals surface area (Å²) < 4.78 is 19.8. The van der Waals surface area contributed by atoms with Crippen LogP contribution in [0.4, 0.5) is 4.39 Å². The maximum absolute atomic E-state index is 13.7. The number of carboxylic acid groups (broad SMARTS) is 1.